The van der Waals surface area contributed by atoms with E-state index in [1.165, 1.54) is 0 Å². The lowest BCUT2D eigenvalue weighted by Gasteiger charge is -2.17. The van der Waals surface area contributed by atoms with Gasteiger partial charge >= 0.3 is 0 Å². The molecule has 3 N–H and O–H groups in total. The van der Waals surface area contributed by atoms with Crippen molar-refractivity contribution in [3.8, 4) is 5.75 Å². The predicted molar refractivity (Wildman–Crippen MR) is 89.6 cm³/mol. The van der Waals surface area contributed by atoms with Gasteiger partial charge in [-0.05, 0) is 24.6 Å². The molecule has 0 radical (unpaired) electrons. The van der Waals surface area contributed by atoms with E-state index < -0.39 is 6.10 Å². The highest BCUT2D eigenvalue weighted by atomic mass is 16.5. The minimum Gasteiger partial charge on any atom is -0.497 e. The van der Waals surface area contributed by atoms with E-state index in [4.69, 9.17) is 4.74 Å². The Morgan fingerprint density at radius 1 is 1.17 bits per heavy atom. The van der Waals surface area contributed by atoms with Gasteiger partial charge in [-0.2, -0.15) is 0 Å². The minimum atomic E-state index is -0.539. The summed E-state index contributed by atoms with van der Waals surface area (Å²) in [6.45, 7) is 2.61. The summed E-state index contributed by atoms with van der Waals surface area (Å²) in [6.07, 6.45) is -0.109. The smallest absolute Gasteiger partial charge is 0.168 e. The zero-order valence-corrected chi connectivity index (χ0v) is 13.6. The van der Waals surface area contributed by atoms with Crippen LogP contribution in [0.5, 0.6) is 5.75 Å². The summed E-state index contributed by atoms with van der Waals surface area (Å²) >= 11 is 0. The zero-order valence-electron chi connectivity index (χ0n) is 13.6. The molecule has 2 atom stereocenters. The van der Waals surface area contributed by atoms with Crippen molar-refractivity contribution in [3.05, 3.63) is 65.7 Å². The highest BCUT2D eigenvalue weighted by molar-refractivity contribution is 5.96. The first-order valence-electron chi connectivity index (χ1n) is 7.85. The van der Waals surface area contributed by atoms with Crippen molar-refractivity contribution in [1.82, 2.24) is 0 Å². The van der Waals surface area contributed by atoms with Crippen LogP contribution in [0.3, 0.4) is 0 Å². The highest BCUT2D eigenvalue weighted by Gasteiger charge is 2.19. The summed E-state index contributed by atoms with van der Waals surface area (Å²) in [5.74, 6) is 0.772. The molecule has 4 nitrogen and oxygen atoms in total. The molecule has 2 aromatic rings. The molecule has 0 aliphatic rings. The Bertz CT molecular complexity index is 628. The Morgan fingerprint density at radius 2 is 1.91 bits per heavy atom. The topological polar surface area (TPSA) is 63.1 Å². The molecule has 0 heterocycles. The summed E-state index contributed by atoms with van der Waals surface area (Å²) in [5.41, 5.74) is 1.56. The first kappa shape index (κ1) is 17.2. The number of hydrogen-bond acceptors (Lipinski definition) is 3. The number of carbonyl (C=O) groups is 1. The van der Waals surface area contributed by atoms with Crippen LogP contribution < -0.4 is 10.1 Å². The van der Waals surface area contributed by atoms with Gasteiger partial charge in [-0.3, -0.25) is 4.79 Å². The van der Waals surface area contributed by atoms with Crippen molar-refractivity contribution >= 4 is 5.78 Å². The van der Waals surface area contributed by atoms with Crippen LogP contribution in [-0.4, -0.2) is 30.6 Å². The first-order valence-corrected chi connectivity index (χ1v) is 7.85. The normalized spacial score (nSPS) is 13.3. The number of Topliss-reactive ketones (excluding diaryl/α,β-unsaturated/α-hetero) is 1. The van der Waals surface area contributed by atoms with Gasteiger partial charge < -0.3 is 15.2 Å². The Kier molecular flexibility index (Phi) is 6.32. The van der Waals surface area contributed by atoms with E-state index in [9.17, 15) is 9.90 Å². The number of hydrogen-bond donors (Lipinski definition) is 2. The molecule has 0 fully saturated rings. The molecular weight excluding hydrogens is 290 g/mol. The second-order valence-corrected chi connectivity index (χ2v) is 5.64. The van der Waals surface area contributed by atoms with Gasteiger partial charge in [0.2, 0.25) is 0 Å². The average molecular weight is 314 g/mol. The molecule has 23 heavy (non-hydrogen) atoms. The maximum Gasteiger partial charge on any atom is 0.168 e. The maximum atomic E-state index is 12.2. The van der Waals surface area contributed by atoms with Gasteiger partial charge in [-0.1, -0.05) is 42.5 Å². The second-order valence-electron chi connectivity index (χ2n) is 5.64. The predicted octanol–water partition coefficient (Wildman–Crippen LogP) is 1.95. The Balaban J connectivity index is 1.83. The van der Waals surface area contributed by atoms with Crippen molar-refractivity contribution in [1.29, 1.82) is 0 Å². The number of carbonyl (C=O) groups excluding carboxylic acids is 1. The largest absolute Gasteiger partial charge is 0.497 e. The van der Waals surface area contributed by atoms with Crippen LogP contribution in [0.15, 0.2) is 54.6 Å². The average Bonchev–Trinajstić information content (AvgIpc) is 2.61. The molecule has 0 unspecified atom stereocenters. The first-order chi connectivity index (χ1) is 11.1. The lowest BCUT2D eigenvalue weighted by molar-refractivity contribution is -0.693. The molecule has 0 amide bonds. The summed E-state index contributed by atoms with van der Waals surface area (Å²) < 4.78 is 5.14. The van der Waals surface area contributed by atoms with Gasteiger partial charge in [-0.15, -0.1) is 0 Å². The fraction of sp³-hybridized carbons (Fsp3) is 0.316. The molecular formula is C19H24NO3+. The van der Waals surface area contributed by atoms with E-state index in [-0.39, 0.29) is 11.8 Å². The summed E-state index contributed by atoms with van der Waals surface area (Å²) in [7, 11) is 1.59. The number of benzene rings is 2. The lowest BCUT2D eigenvalue weighted by atomic mass is 10.0. The van der Waals surface area contributed by atoms with Crippen molar-refractivity contribution in [3.63, 3.8) is 0 Å². The fourth-order valence-corrected chi connectivity index (χ4v) is 2.50. The van der Waals surface area contributed by atoms with E-state index >= 15 is 0 Å². The second kappa shape index (κ2) is 8.46. The van der Waals surface area contributed by atoms with Crippen molar-refractivity contribution in [2.24, 2.45) is 0 Å². The van der Waals surface area contributed by atoms with Crippen LogP contribution in [0.25, 0.3) is 0 Å². The molecule has 0 aliphatic carbocycles. The van der Waals surface area contributed by atoms with E-state index in [0.29, 0.717) is 24.3 Å². The molecule has 0 aromatic heterocycles. The molecule has 4 heteroatoms. The van der Waals surface area contributed by atoms with Crippen molar-refractivity contribution < 1.29 is 20.0 Å². The third-order valence-electron chi connectivity index (χ3n) is 3.94. The number of ketones is 1. The Labute approximate surface area is 137 Å². The van der Waals surface area contributed by atoms with Crippen LogP contribution in [0.4, 0.5) is 0 Å². The number of aliphatic hydroxyl groups excluding tert-OH is 1. The van der Waals surface area contributed by atoms with Gasteiger partial charge in [0.1, 0.15) is 17.9 Å². The summed E-state index contributed by atoms with van der Waals surface area (Å²) in [4.78, 5) is 12.2. The Morgan fingerprint density at radius 3 is 2.61 bits per heavy atom. The molecule has 0 saturated heterocycles. The zero-order chi connectivity index (χ0) is 16.7. The number of nitrogens with two attached hydrogens (primary N) is 1. The van der Waals surface area contributed by atoms with Gasteiger partial charge in [0.15, 0.2) is 5.78 Å². The number of rotatable bonds is 8. The van der Waals surface area contributed by atoms with Crippen LogP contribution in [0.2, 0.25) is 0 Å². The van der Waals surface area contributed by atoms with Crippen molar-refractivity contribution in [2.45, 2.75) is 25.5 Å². The van der Waals surface area contributed by atoms with Crippen LogP contribution in [0, 0.1) is 0 Å². The van der Waals surface area contributed by atoms with E-state index in [0.717, 1.165) is 5.56 Å². The van der Waals surface area contributed by atoms with E-state index in [1.54, 1.807) is 19.2 Å². The maximum absolute atomic E-state index is 12.2. The molecule has 2 rings (SSSR count). The molecule has 0 aliphatic heterocycles. The van der Waals surface area contributed by atoms with Gasteiger partial charge in [0, 0.05) is 5.56 Å². The molecule has 0 bridgehead atoms. The third kappa shape index (κ3) is 4.91. The van der Waals surface area contributed by atoms with E-state index in [2.05, 4.69) is 0 Å². The lowest BCUT2D eigenvalue weighted by Crippen LogP contribution is -2.90. The van der Waals surface area contributed by atoms with Crippen LogP contribution in [-0.2, 0) is 0 Å². The standard InChI is InChI=1S/C19H23NO3/c1-14(19(22)15-7-4-3-5-8-15)20-12-11-18(21)16-9-6-10-17(13-16)23-2/h3-10,13-14,19-20,22H,11-12H2,1-2H3/p+1/t14-,19+/m0/s1. The SMILES string of the molecule is COc1cccc(C(=O)CC[NH2+][C@@H](C)[C@@H](O)c2ccccc2)c1. The summed E-state index contributed by atoms with van der Waals surface area (Å²) in [5, 5.41) is 12.3. The minimum absolute atomic E-state index is 0.00416. The van der Waals surface area contributed by atoms with Gasteiger partial charge in [0.05, 0.1) is 20.1 Å². The number of methoxy groups -OCH3 is 1. The number of aliphatic hydroxyl groups is 1. The monoisotopic (exact) mass is 314 g/mol. The van der Waals surface area contributed by atoms with Crippen molar-refractivity contribution in [2.75, 3.05) is 13.7 Å². The molecule has 2 aromatic carbocycles. The van der Waals surface area contributed by atoms with Gasteiger partial charge in [0.25, 0.3) is 0 Å². The number of quaternary nitrogens is 1. The highest BCUT2D eigenvalue weighted by Crippen LogP contribution is 2.15. The van der Waals surface area contributed by atoms with Crippen LogP contribution in [0.1, 0.15) is 35.4 Å². The summed E-state index contributed by atoms with van der Waals surface area (Å²) in [6, 6.07) is 16.8. The molecule has 0 saturated carbocycles. The van der Waals surface area contributed by atoms with Gasteiger partial charge in [-0.25, -0.2) is 0 Å². The fourth-order valence-electron chi connectivity index (χ4n) is 2.50. The quantitative estimate of drug-likeness (QED) is 0.732. The van der Waals surface area contributed by atoms with Crippen LogP contribution >= 0.6 is 0 Å². The Hall–Kier alpha value is -2.17. The molecule has 122 valence electrons. The number of ether oxygens (including phenoxy) is 1. The third-order valence-corrected chi connectivity index (χ3v) is 3.94. The molecule has 0 spiro atoms. The van der Waals surface area contributed by atoms with E-state index in [1.807, 2.05) is 54.7 Å².